The Balaban J connectivity index is 4.24. The van der Waals surface area contributed by atoms with Crippen LogP contribution in [0.4, 0.5) is 0 Å². The van der Waals surface area contributed by atoms with Crippen LogP contribution in [-0.4, -0.2) is 28.4 Å². The van der Waals surface area contributed by atoms with Crippen molar-refractivity contribution in [2.24, 2.45) is 0 Å². The van der Waals surface area contributed by atoms with Gasteiger partial charge in [-0.05, 0) is 0 Å². The fraction of sp³-hybridized carbons (Fsp3) is 0.167. The van der Waals surface area contributed by atoms with Crippen LogP contribution in [0.3, 0.4) is 0 Å². The molecular weight excluding hydrogens is 152 g/mol. The molecule has 0 aromatic rings. The molecule has 5 heteroatoms. The molecule has 0 aliphatic heterocycles. The van der Waals surface area contributed by atoms with Crippen LogP contribution in [0.2, 0.25) is 0 Å². The molecule has 0 saturated carbocycles. The highest BCUT2D eigenvalue weighted by molar-refractivity contribution is 6.06. The Morgan fingerprint density at radius 1 is 1.27 bits per heavy atom. The summed E-state index contributed by atoms with van der Waals surface area (Å²) < 4.78 is 0. The summed E-state index contributed by atoms with van der Waals surface area (Å²) >= 11 is 0. The first-order valence-corrected chi connectivity index (χ1v) is 2.68. The zero-order chi connectivity index (χ0) is 8.85. The minimum absolute atomic E-state index is 0.102. The number of carbonyl (C=O) groups is 3. The lowest BCUT2D eigenvalue weighted by molar-refractivity contribution is -0.136. The first-order valence-electron chi connectivity index (χ1n) is 2.68. The van der Waals surface area contributed by atoms with Crippen LogP contribution in [-0.2, 0) is 14.4 Å². The second-order valence-corrected chi connectivity index (χ2v) is 1.68. The highest BCUT2D eigenvalue weighted by Gasteiger charge is 2.05. The van der Waals surface area contributed by atoms with Gasteiger partial charge in [0.15, 0.2) is 6.29 Å². The Labute approximate surface area is 61.9 Å². The van der Waals surface area contributed by atoms with Crippen molar-refractivity contribution in [3.05, 3.63) is 11.6 Å². The van der Waals surface area contributed by atoms with E-state index in [-0.39, 0.29) is 6.29 Å². The SMILES string of the molecule is O=CC(=CCC(=O)O)C(=O)O. The summed E-state index contributed by atoms with van der Waals surface area (Å²) in [6.45, 7) is 0. The van der Waals surface area contributed by atoms with Gasteiger partial charge in [0.1, 0.15) is 0 Å². The zero-order valence-corrected chi connectivity index (χ0v) is 5.48. The lowest BCUT2D eigenvalue weighted by Gasteiger charge is -1.88. The van der Waals surface area contributed by atoms with Crippen LogP contribution in [0, 0.1) is 0 Å². The Morgan fingerprint density at radius 3 is 2.09 bits per heavy atom. The fourth-order valence-electron chi connectivity index (χ4n) is 0.383. The second-order valence-electron chi connectivity index (χ2n) is 1.68. The van der Waals surface area contributed by atoms with Crippen molar-refractivity contribution in [2.75, 3.05) is 0 Å². The molecule has 0 aliphatic rings. The van der Waals surface area contributed by atoms with Crippen LogP contribution >= 0.6 is 0 Å². The van der Waals surface area contributed by atoms with Crippen LogP contribution < -0.4 is 0 Å². The largest absolute Gasteiger partial charge is 0.481 e. The quantitative estimate of drug-likeness (QED) is 0.253. The number of aldehydes is 1. The van der Waals surface area contributed by atoms with Crippen molar-refractivity contribution >= 4 is 18.2 Å². The molecule has 2 N–H and O–H groups in total. The molecule has 5 nitrogen and oxygen atoms in total. The summed E-state index contributed by atoms with van der Waals surface area (Å²) in [6, 6.07) is 0. The topological polar surface area (TPSA) is 91.7 Å². The molecule has 60 valence electrons. The van der Waals surface area contributed by atoms with Gasteiger partial charge in [-0.15, -0.1) is 0 Å². The molecule has 0 unspecified atom stereocenters. The van der Waals surface area contributed by atoms with Crippen molar-refractivity contribution in [3.63, 3.8) is 0 Å². The van der Waals surface area contributed by atoms with Crippen molar-refractivity contribution in [1.82, 2.24) is 0 Å². The molecule has 0 saturated heterocycles. The van der Waals surface area contributed by atoms with E-state index in [1.807, 2.05) is 0 Å². The molecule has 0 aromatic carbocycles. The standard InChI is InChI=1S/C6H6O5/c7-3-4(6(10)11)1-2-5(8)9/h1,3H,2H2,(H,8,9)(H,10,11). The van der Waals surface area contributed by atoms with Gasteiger partial charge in [0.25, 0.3) is 0 Å². The molecule has 0 aliphatic carbocycles. The smallest absolute Gasteiger partial charge is 0.338 e. The maximum absolute atomic E-state index is 10.1. The van der Waals surface area contributed by atoms with Gasteiger partial charge in [-0.25, -0.2) is 4.79 Å². The molecular formula is C6H6O5. The zero-order valence-electron chi connectivity index (χ0n) is 5.48. The third-order valence-electron chi connectivity index (χ3n) is 0.871. The second kappa shape index (κ2) is 4.21. The van der Waals surface area contributed by atoms with Crippen LogP contribution in [0.25, 0.3) is 0 Å². The summed E-state index contributed by atoms with van der Waals surface area (Å²) in [7, 11) is 0. The molecule has 0 amide bonds. The minimum atomic E-state index is -1.42. The van der Waals surface area contributed by atoms with Crippen LogP contribution in [0.1, 0.15) is 6.42 Å². The maximum atomic E-state index is 10.1. The van der Waals surface area contributed by atoms with E-state index in [2.05, 4.69) is 0 Å². The molecule has 11 heavy (non-hydrogen) atoms. The van der Waals surface area contributed by atoms with Gasteiger partial charge >= 0.3 is 11.9 Å². The number of rotatable bonds is 4. The van der Waals surface area contributed by atoms with Crippen molar-refractivity contribution in [3.8, 4) is 0 Å². The lowest BCUT2D eigenvalue weighted by Crippen LogP contribution is -2.03. The van der Waals surface area contributed by atoms with Crippen molar-refractivity contribution < 1.29 is 24.6 Å². The van der Waals surface area contributed by atoms with E-state index in [0.717, 1.165) is 6.08 Å². The molecule has 0 fully saturated rings. The predicted octanol–water partition coefficient (Wildman–Crippen LogP) is -0.329. The molecule has 0 radical (unpaired) electrons. The molecule has 0 aromatic heterocycles. The van der Waals surface area contributed by atoms with E-state index in [0.29, 0.717) is 0 Å². The first-order chi connectivity index (χ1) is 5.07. The number of carboxylic acid groups (broad SMARTS) is 2. The van der Waals surface area contributed by atoms with E-state index < -0.39 is 23.9 Å². The predicted molar refractivity (Wildman–Crippen MR) is 34.0 cm³/mol. The molecule has 0 heterocycles. The summed E-state index contributed by atoms with van der Waals surface area (Å²) in [4.78, 5) is 29.9. The Kier molecular flexibility index (Phi) is 3.58. The highest BCUT2D eigenvalue weighted by atomic mass is 16.4. The van der Waals surface area contributed by atoms with E-state index in [9.17, 15) is 14.4 Å². The van der Waals surface area contributed by atoms with Crippen molar-refractivity contribution in [1.29, 1.82) is 0 Å². The summed E-state index contributed by atoms with van der Waals surface area (Å²) in [5.41, 5.74) is -0.535. The summed E-state index contributed by atoms with van der Waals surface area (Å²) in [5.74, 6) is -2.59. The maximum Gasteiger partial charge on any atom is 0.338 e. The highest BCUT2D eigenvalue weighted by Crippen LogP contribution is 1.92. The van der Waals surface area contributed by atoms with Gasteiger partial charge < -0.3 is 10.2 Å². The monoisotopic (exact) mass is 158 g/mol. The van der Waals surface area contributed by atoms with Gasteiger partial charge in [0.05, 0.1) is 12.0 Å². The number of aliphatic carboxylic acids is 2. The Bertz CT molecular complexity index is 215. The van der Waals surface area contributed by atoms with E-state index in [4.69, 9.17) is 10.2 Å². The Morgan fingerprint density at radius 2 is 1.82 bits per heavy atom. The molecule has 0 atom stereocenters. The number of hydrogen-bond acceptors (Lipinski definition) is 3. The summed E-state index contributed by atoms with van der Waals surface area (Å²) in [5, 5.41) is 16.3. The van der Waals surface area contributed by atoms with Gasteiger partial charge in [-0.3, -0.25) is 9.59 Å². The normalized spacial score (nSPS) is 10.7. The average molecular weight is 158 g/mol. The molecule has 0 spiro atoms. The van der Waals surface area contributed by atoms with Crippen molar-refractivity contribution in [2.45, 2.75) is 6.42 Å². The summed E-state index contributed by atoms with van der Waals surface area (Å²) in [6.07, 6.45) is 0.489. The minimum Gasteiger partial charge on any atom is -0.481 e. The molecule has 0 rings (SSSR count). The number of hydrogen-bond donors (Lipinski definition) is 2. The van der Waals surface area contributed by atoms with Gasteiger partial charge in [-0.2, -0.15) is 0 Å². The van der Waals surface area contributed by atoms with Gasteiger partial charge in [0, 0.05) is 0 Å². The van der Waals surface area contributed by atoms with E-state index in [1.54, 1.807) is 0 Å². The van der Waals surface area contributed by atoms with E-state index in [1.165, 1.54) is 0 Å². The third kappa shape index (κ3) is 3.85. The first kappa shape index (κ1) is 9.35. The van der Waals surface area contributed by atoms with Crippen LogP contribution in [0.5, 0.6) is 0 Å². The number of carboxylic acids is 2. The Hall–Kier alpha value is -1.65. The van der Waals surface area contributed by atoms with Gasteiger partial charge in [-0.1, -0.05) is 6.08 Å². The van der Waals surface area contributed by atoms with Gasteiger partial charge in [0.2, 0.25) is 0 Å². The number of carbonyl (C=O) groups excluding carboxylic acids is 1. The third-order valence-corrected chi connectivity index (χ3v) is 0.871. The average Bonchev–Trinajstić information content (AvgIpc) is 1.87. The molecule has 0 bridgehead atoms. The van der Waals surface area contributed by atoms with E-state index >= 15 is 0 Å². The fourth-order valence-corrected chi connectivity index (χ4v) is 0.383. The lowest BCUT2D eigenvalue weighted by atomic mass is 10.2. The van der Waals surface area contributed by atoms with Crippen LogP contribution in [0.15, 0.2) is 11.6 Å².